The Balaban J connectivity index is 0.809. The van der Waals surface area contributed by atoms with Crippen LogP contribution in [-0.4, -0.2) is 0 Å². The Labute approximate surface area is 435 Å². The molecule has 1 aliphatic carbocycles. The van der Waals surface area contributed by atoms with Gasteiger partial charge in [-0.3, -0.25) is 0 Å². The Morgan fingerprint density at radius 1 is 0.253 bits per heavy atom. The molecular formula is C75H46. The van der Waals surface area contributed by atoms with Gasteiger partial charge in [0.05, 0.1) is 0 Å². The van der Waals surface area contributed by atoms with Crippen LogP contribution in [0.25, 0.3) is 165 Å². The van der Waals surface area contributed by atoms with E-state index in [9.17, 15) is 0 Å². The van der Waals surface area contributed by atoms with Gasteiger partial charge in [0.25, 0.3) is 0 Å². The van der Waals surface area contributed by atoms with Crippen LogP contribution in [0.1, 0.15) is 22.3 Å². The smallest absolute Gasteiger partial charge is 0.00141 e. The van der Waals surface area contributed by atoms with Gasteiger partial charge in [-0.1, -0.05) is 212 Å². The lowest BCUT2D eigenvalue weighted by Crippen LogP contribution is -1.91. The molecule has 0 N–H and O–H groups in total. The summed E-state index contributed by atoms with van der Waals surface area (Å²) >= 11 is 0. The van der Waals surface area contributed by atoms with E-state index in [-0.39, 0.29) is 0 Å². The summed E-state index contributed by atoms with van der Waals surface area (Å²) in [7, 11) is 0. The molecule has 0 bridgehead atoms. The van der Waals surface area contributed by atoms with Crippen LogP contribution in [0, 0.1) is 13.8 Å². The molecule has 0 fully saturated rings. The fourth-order valence-electron chi connectivity index (χ4n) is 13.0. The first kappa shape index (κ1) is 42.0. The summed E-state index contributed by atoms with van der Waals surface area (Å²) in [6.07, 6.45) is 4.30. The highest BCUT2D eigenvalue weighted by Crippen LogP contribution is 2.45. The molecule has 0 saturated heterocycles. The molecule has 0 heterocycles. The summed E-state index contributed by atoms with van der Waals surface area (Å²) in [6.45, 7) is 4.49. The van der Waals surface area contributed by atoms with Crippen LogP contribution < -0.4 is 0 Å². The van der Waals surface area contributed by atoms with Crippen molar-refractivity contribution in [3.63, 3.8) is 0 Å². The van der Waals surface area contributed by atoms with Gasteiger partial charge in [-0.25, -0.2) is 0 Å². The fraction of sp³-hybridized carbons (Fsp3) is 0.0267. The minimum atomic E-state index is 1.18. The van der Waals surface area contributed by atoms with Gasteiger partial charge < -0.3 is 0 Å². The van der Waals surface area contributed by atoms with Crippen LogP contribution in [0.2, 0.25) is 0 Å². The normalized spacial score (nSPS) is 12.3. The lowest BCUT2D eigenvalue weighted by molar-refractivity contribution is 1.39. The number of rotatable bonds is 6. The second-order valence-electron chi connectivity index (χ2n) is 20.9. The van der Waals surface area contributed by atoms with Gasteiger partial charge in [-0.2, -0.15) is 0 Å². The summed E-state index contributed by atoms with van der Waals surface area (Å²) in [5.41, 5.74) is 23.1. The molecule has 16 rings (SSSR count). The topological polar surface area (TPSA) is 0 Å². The van der Waals surface area contributed by atoms with Crippen molar-refractivity contribution in [1.29, 1.82) is 0 Å². The Hall–Kier alpha value is -9.58. The molecule has 346 valence electrons. The number of aryl methyl sites for hydroxylation is 2. The zero-order valence-electron chi connectivity index (χ0n) is 41.6. The summed E-state index contributed by atoms with van der Waals surface area (Å²) in [5, 5.41) is 20.9. The third kappa shape index (κ3) is 6.38. The molecular weight excluding hydrogens is 901 g/mol. The Bertz CT molecular complexity index is 4930. The maximum absolute atomic E-state index is 3.52. The van der Waals surface area contributed by atoms with Crippen molar-refractivity contribution >= 4 is 98.3 Å². The van der Waals surface area contributed by atoms with E-state index in [0.29, 0.717) is 0 Å². The van der Waals surface area contributed by atoms with Crippen molar-refractivity contribution in [2.45, 2.75) is 13.8 Å². The molecule has 0 heteroatoms. The zero-order chi connectivity index (χ0) is 49.5. The molecule has 0 atom stereocenters. The van der Waals surface area contributed by atoms with Gasteiger partial charge in [0.2, 0.25) is 0 Å². The van der Waals surface area contributed by atoms with Crippen molar-refractivity contribution in [3.8, 4) is 66.8 Å². The lowest BCUT2D eigenvalue weighted by atomic mass is 9.87. The molecule has 15 aromatic carbocycles. The van der Waals surface area contributed by atoms with Crippen molar-refractivity contribution in [2.24, 2.45) is 0 Å². The SMILES string of the molecule is Cc1cc2ccc3c(-c4ccc(-c5cc(-c6ccc(-c7ccc8ccc9cccc%10c9c8c7C=C=C%10)cc6)cc(-c6ccc(-c7ccc8ccc9cccc%10ccc7c8c9%10)cc6)c5)cc4)ccc4ccc(c1C)c2c43. The van der Waals surface area contributed by atoms with Crippen molar-refractivity contribution < 1.29 is 0 Å². The van der Waals surface area contributed by atoms with Crippen LogP contribution in [0.15, 0.2) is 236 Å². The number of hydrogen-bond acceptors (Lipinski definition) is 0. The van der Waals surface area contributed by atoms with Crippen LogP contribution in [0.5, 0.6) is 0 Å². The highest BCUT2D eigenvalue weighted by Gasteiger charge is 2.18. The van der Waals surface area contributed by atoms with E-state index in [2.05, 4.69) is 262 Å². The summed E-state index contributed by atoms with van der Waals surface area (Å²) < 4.78 is 0. The first-order valence-electron chi connectivity index (χ1n) is 26.2. The monoisotopic (exact) mass is 946 g/mol. The van der Waals surface area contributed by atoms with Gasteiger partial charge in [0.15, 0.2) is 0 Å². The average Bonchev–Trinajstić information content (AvgIpc) is 3.67. The van der Waals surface area contributed by atoms with Gasteiger partial charge >= 0.3 is 0 Å². The van der Waals surface area contributed by atoms with Gasteiger partial charge in [0.1, 0.15) is 0 Å². The van der Waals surface area contributed by atoms with Crippen LogP contribution in [0.3, 0.4) is 0 Å². The van der Waals surface area contributed by atoms with Crippen molar-refractivity contribution in [1.82, 2.24) is 0 Å². The van der Waals surface area contributed by atoms with Gasteiger partial charge in [-0.15, -0.1) is 5.73 Å². The Morgan fingerprint density at radius 2 is 0.640 bits per heavy atom. The third-order valence-electron chi connectivity index (χ3n) is 16.9. The third-order valence-corrected chi connectivity index (χ3v) is 16.9. The summed E-state index contributed by atoms with van der Waals surface area (Å²) in [5.74, 6) is 0. The van der Waals surface area contributed by atoms with E-state index in [0.717, 1.165) is 0 Å². The van der Waals surface area contributed by atoms with E-state index in [1.165, 1.54) is 175 Å². The summed E-state index contributed by atoms with van der Waals surface area (Å²) in [6, 6.07) is 87.0. The highest BCUT2D eigenvalue weighted by atomic mass is 14.2. The van der Waals surface area contributed by atoms with Gasteiger partial charge in [-0.05, 0) is 219 Å². The van der Waals surface area contributed by atoms with Crippen molar-refractivity contribution in [3.05, 3.63) is 259 Å². The lowest BCUT2D eigenvalue weighted by Gasteiger charge is -2.17. The van der Waals surface area contributed by atoms with E-state index in [1.807, 2.05) is 0 Å². The standard InChI is InChI=1S/C75H46/c1-44-40-59-33-39-69-66(37-31-58-28-34-63(45(44)2)75(59)74(58)69)51-22-16-48(17-23-51)62-42-60(46-12-18-49(19-13-46)64-35-29-56-26-24-53-7-3-6-52-10-5-11-67(64)72(56)70(52)53)41-61(43-62)47-14-20-50(21-15-47)65-36-30-57-27-25-54-8-4-9-55-32-38-68(65)73(57)71(54)55/h3-4,6-43H,1-2H3. The molecule has 0 amide bonds. The minimum Gasteiger partial charge on any atom is -0.120 e. The first-order chi connectivity index (χ1) is 37.0. The molecule has 0 radical (unpaired) electrons. The zero-order valence-corrected chi connectivity index (χ0v) is 41.6. The minimum absolute atomic E-state index is 1.18. The second kappa shape index (κ2) is 16.0. The predicted octanol–water partition coefficient (Wildman–Crippen LogP) is 21.0. The maximum atomic E-state index is 3.52. The average molecular weight is 947 g/mol. The summed E-state index contributed by atoms with van der Waals surface area (Å²) in [4.78, 5) is 0. The van der Waals surface area contributed by atoms with Crippen LogP contribution >= 0.6 is 0 Å². The van der Waals surface area contributed by atoms with E-state index in [1.54, 1.807) is 0 Å². The van der Waals surface area contributed by atoms with Crippen LogP contribution in [-0.2, 0) is 0 Å². The molecule has 0 saturated carbocycles. The molecule has 1 aliphatic rings. The first-order valence-corrected chi connectivity index (χ1v) is 26.2. The quantitative estimate of drug-likeness (QED) is 0.115. The predicted molar refractivity (Wildman–Crippen MR) is 323 cm³/mol. The molecule has 0 unspecified atom stereocenters. The van der Waals surface area contributed by atoms with E-state index < -0.39 is 0 Å². The molecule has 15 aromatic rings. The Kier molecular flexibility index (Phi) is 8.93. The Morgan fingerprint density at radius 3 is 1.20 bits per heavy atom. The van der Waals surface area contributed by atoms with Gasteiger partial charge in [0, 0.05) is 0 Å². The largest absolute Gasteiger partial charge is 0.120 e. The number of hydrogen-bond donors (Lipinski definition) is 0. The molecule has 0 aliphatic heterocycles. The molecule has 0 aromatic heterocycles. The molecule has 0 spiro atoms. The van der Waals surface area contributed by atoms with Crippen LogP contribution in [0.4, 0.5) is 0 Å². The molecule has 75 heavy (non-hydrogen) atoms. The second-order valence-corrected chi connectivity index (χ2v) is 20.9. The fourth-order valence-corrected chi connectivity index (χ4v) is 13.0. The number of benzene rings is 15. The highest BCUT2D eigenvalue weighted by molar-refractivity contribution is 6.27. The van der Waals surface area contributed by atoms with E-state index >= 15 is 0 Å². The van der Waals surface area contributed by atoms with Crippen molar-refractivity contribution in [2.75, 3.05) is 0 Å². The molecule has 0 nitrogen and oxygen atoms in total. The van der Waals surface area contributed by atoms with E-state index in [4.69, 9.17) is 0 Å². The maximum Gasteiger partial charge on any atom is -0.00141 e.